The summed E-state index contributed by atoms with van der Waals surface area (Å²) in [6.45, 7) is -0.0712. The molecule has 5 N–H and O–H groups in total. The number of benzene rings is 1. The lowest BCUT2D eigenvalue weighted by Gasteiger charge is -2.12. The third-order valence-electron chi connectivity index (χ3n) is 3.41. The Bertz CT molecular complexity index is 1100. The number of hydrogen-bond acceptors (Lipinski definition) is 5. The molecule has 0 bridgehead atoms. The highest BCUT2D eigenvalue weighted by Crippen LogP contribution is 2.25. The van der Waals surface area contributed by atoms with E-state index in [1.54, 1.807) is 12.1 Å². The Hall–Kier alpha value is -2.82. The zero-order valence-corrected chi connectivity index (χ0v) is 13.6. The highest BCUT2D eigenvalue weighted by molar-refractivity contribution is 7.87. The van der Waals surface area contributed by atoms with Gasteiger partial charge in [-0.15, -0.1) is 0 Å². The van der Waals surface area contributed by atoms with Crippen LogP contribution in [0.1, 0.15) is 5.56 Å². The highest BCUT2D eigenvalue weighted by atomic mass is 32.2. The summed E-state index contributed by atoms with van der Waals surface area (Å²) >= 11 is 0. The summed E-state index contributed by atoms with van der Waals surface area (Å²) in [5.74, 6) is -0.520. The number of aromatic nitrogens is 2. The molecule has 0 aliphatic rings. The summed E-state index contributed by atoms with van der Waals surface area (Å²) < 4.78 is 38.2. The molecule has 8 nitrogen and oxygen atoms in total. The lowest BCUT2D eigenvalue weighted by molar-refractivity contribution is 0.583. The fourth-order valence-electron chi connectivity index (χ4n) is 2.28. The van der Waals surface area contributed by atoms with Gasteiger partial charge >= 0.3 is 0 Å². The Morgan fingerprint density at radius 2 is 1.96 bits per heavy atom. The molecular weight excluding hydrogens is 349 g/mol. The molecule has 2 aromatic heterocycles. The first-order chi connectivity index (χ1) is 11.8. The van der Waals surface area contributed by atoms with Crippen LogP contribution >= 0.6 is 0 Å². The maximum absolute atomic E-state index is 14.1. The molecule has 130 valence electrons. The number of nitrogens with two attached hydrogens (primary N) is 1. The Labute approximate surface area is 142 Å². The Kier molecular flexibility index (Phi) is 4.49. The predicted octanol–water partition coefficient (Wildman–Crippen LogP) is 1.10. The maximum atomic E-state index is 14.1. The third kappa shape index (κ3) is 4.18. The second kappa shape index (κ2) is 6.59. The zero-order chi connectivity index (χ0) is 18.0. The lowest BCUT2D eigenvalue weighted by Crippen LogP contribution is -2.30. The smallest absolute Gasteiger partial charge is 0.274 e. The van der Waals surface area contributed by atoms with Gasteiger partial charge in [0.15, 0.2) is 0 Å². The zero-order valence-electron chi connectivity index (χ0n) is 12.8. The van der Waals surface area contributed by atoms with Crippen molar-refractivity contribution >= 4 is 32.6 Å². The molecule has 10 heteroatoms. The van der Waals surface area contributed by atoms with E-state index in [9.17, 15) is 17.6 Å². The number of hydrogen-bond donors (Lipinski definition) is 4. The molecule has 0 atom stereocenters. The molecule has 25 heavy (non-hydrogen) atoms. The summed E-state index contributed by atoms with van der Waals surface area (Å²) in [6, 6.07) is 8.68. The molecule has 0 saturated carbocycles. The molecule has 0 fully saturated rings. The number of H-pyrrole nitrogens is 1. The van der Waals surface area contributed by atoms with Crippen molar-refractivity contribution < 1.29 is 12.8 Å². The van der Waals surface area contributed by atoms with E-state index in [-0.39, 0.29) is 17.8 Å². The standard InChI is InChI=1S/C15H14FN5O3S/c16-11-3-1-9(8-19-25(17,23)24)7-13(11)20-12-5-6-18-15-10(12)2-4-14(22)21-15/h1-7,19H,8H2,(H2,17,23,24)(H2,18,20,21,22). The number of pyridine rings is 2. The molecule has 3 rings (SSSR count). The fraction of sp³-hybridized carbons (Fsp3) is 0.0667. The topological polar surface area (TPSA) is 130 Å². The van der Waals surface area contributed by atoms with Crippen LogP contribution in [0.2, 0.25) is 0 Å². The average Bonchev–Trinajstić information content (AvgIpc) is 2.54. The summed E-state index contributed by atoms with van der Waals surface area (Å²) in [5.41, 5.74) is 1.28. The van der Waals surface area contributed by atoms with E-state index in [0.29, 0.717) is 22.3 Å². The van der Waals surface area contributed by atoms with Crippen LogP contribution in [-0.2, 0) is 16.8 Å². The van der Waals surface area contributed by atoms with Gasteiger partial charge in [0.25, 0.3) is 10.2 Å². The van der Waals surface area contributed by atoms with Gasteiger partial charge in [0, 0.05) is 24.2 Å². The molecule has 1 aromatic carbocycles. The number of nitrogens with zero attached hydrogens (tertiary/aromatic N) is 1. The molecule has 0 unspecified atom stereocenters. The van der Waals surface area contributed by atoms with Gasteiger partial charge in [0.1, 0.15) is 11.5 Å². The second-order valence-electron chi connectivity index (χ2n) is 5.25. The van der Waals surface area contributed by atoms with E-state index >= 15 is 0 Å². The van der Waals surface area contributed by atoms with E-state index in [1.807, 2.05) is 0 Å². The summed E-state index contributed by atoms with van der Waals surface area (Å²) in [5, 5.41) is 8.42. The average molecular weight is 363 g/mol. The molecule has 2 heterocycles. The molecule has 0 aliphatic carbocycles. The first kappa shape index (κ1) is 17.0. The largest absolute Gasteiger partial charge is 0.352 e. The Balaban J connectivity index is 1.94. The number of fused-ring (bicyclic) bond motifs is 1. The molecule has 0 spiro atoms. The Morgan fingerprint density at radius 1 is 1.16 bits per heavy atom. The normalized spacial score (nSPS) is 11.6. The third-order valence-corrected chi connectivity index (χ3v) is 3.96. The molecule has 0 saturated heterocycles. The van der Waals surface area contributed by atoms with Crippen LogP contribution in [0.15, 0.2) is 47.4 Å². The van der Waals surface area contributed by atoms with Crippen LogP contribution in [0.25, 0.3) is 11.0 Å². The van der Waals surface area contributed by atoms with E-state index in [4.69, 9.17) is 5.14 Å². The molecular formula is C15H14FN5O3S. The lowest BCUT2D eigenvalue weighted by atomic mass is 10.1. The van der Waals surface area contributed by atoms with Crippen molar-refractivity contribution in [2.75, 3.05) is 5.32 Å². The van der Waals surface area contributed by atoms with E-state index in [2.05, 4.69) is 20.0 Å². The number of halogens is 1. The van der Waals surface area contributed by atoms with Crippen LogP contribution in [-0.4, -0.2) is 18.4 Å². The van der Waals surface area contributed by atoms with Gasteiger partial charge in [-0.05, 0) is 29.8 Å². The van der Waals surface area contributed by atoms with E-state index in [1.165, 1.54) is 30.5 Å². The van der Waals surface area contributed by atoms with Gasteiger partial charge < -0.3 is 10.3 Å². The molecule has 0 radical (unpaired) electrons. The van der Waals surface area contributed by atoms with Crippen molar-refractivity contribution in [1.82, 2.24) is 14.7 Å². The van der Waals surface area contributed by atoms with Gasteiger partial charge in [-0.1, -0.05) is 6.07 Å². The van der Waals surface area contributed by atoms with Crippen LogP contribution in [0.3, 0.4) is 0 Å². The first-order valence-electron chi connectivity index (χ1n) is 7.13. The fourth-order valence-corrected chi connectivity index (χ4v) is 2.64. The minimum atomic E-state index is -3.84. The van der Waals surface area contributed by atoms with Crippen LogP contribution < -0.4 is 20.7 Å². The minimum Gasteiger partial charge on any atom is -0.352 e. The van der Waals surface area contributed by atoms with Gasteiger partial charge in [0.05, 0.1) is 11.4 Å². The number of anilines is 2. The number of aromatic amines is 1. The molecule has 0 amide bonds. The SMILES string of the molecule is NS(=O)(=O)NCc1ccc(F)c(Nc2ccnc3[nH]c(=O)ccc23)c1. The van der Waals surface area contributed by atoms with Crippen molar-refractivity contribution in [2.45, 2.75) is 6.54 Å². The van der Waals surface area contributed by atoms with Gasteiger partial charge in [-0.25, -0.2) is 14.5 Å². The minimum absolute atomic E-state index is 0.0712. The van der Waals surface area contributed by atoms with Gasteiger partial charge in [-0.3, -0.25) is 4.79 Å². The van der Waals surface area contributed by atoms with Crippen molar-refractivity contribution in [3.63, 3.8) is 0 Å². The Morgan fingerprint density at radius 3 is 2.72 bits per heavy atom. The predicted molar refractivity (Wildman–Crippen MR) is 92.0 cm³/mol. The van der Waals surface area contributed by atoms with Crippen molar-refractivity contribution in [1.29, 1.82) is 0 Å². The van der Waals surface area contributed by atoms with Crippen LogP contribution in [0.4, 0.5) is 15.8 Å². The second-order valence-corrected chi connectivity index (χ2v) is 6.63. The van der Waals surface area contributed by atoms with Crippen LogP contribution in [0.5, 0.6) is 0 Å². The maximum Gasteiger partial charge on any atom is 0.274 e. The monoisotopic (exact) mass is 363 g/mol. The summed E-state index contributed by atoms with van der Waals surface area (Å²) in [4.78, 5) is 18.0. The first-order valence-corrected chi connectivity index (χ1v) is 8.67. The quantitative estimate of drug-likeness (QED) is 0.539. The number of nitrogens with one attached hydrogen (secondary N) is 3. The van der Waals surface area contributed by atoms with Gasteiger partial charge in [-0.2, -0.15) is 13.1 Å². The van der Waals surface area contributed by atoms with Gasteiger partial charge in [0.2, 0.25) is 5.56 Å². The van der Waals surface area contributed by atoms with Crippen molar-refractivity contribution in [3.8, 4) is 0 Å². The summed E-state index contributed by atoms with van der Waals surface area (Å²) in [7, 11) is -3.84. The van der Waals surface area contributed by atoms with Crippen molar-refractivity contribution in [2.24, 2.45) is 5.14 Å². The van der Waals surface area contributed by atoms with Crippen molar-refractivity contribution in [3.05, 3.63) is 64.3 Å². The highest BCUT2D eigenvalue weighted by Gasteiger charge is 2.09. The molecule has 0 aliphatic heterocycles. The molecule has 3 aromatic rings. The van der Waals surface area contributed by atoms with E-state index < -0.39 is 16.0 Å². The van der Waals surface area contributed by atoms with E-state index in [0.717, 1.165) is 0 Å². The summed E-state index contributed by atoms with van der Waals surface area (Å²) in [6.07, 6.45) is 1.48. The van der Waals surface area contributed by atoms with Crippen LogP contribution in [0, 0.1) is 5.82 Å². The number of rotatable bonds is 5.